The zero-order valence-corrected chi connectivity index (χ0v) is 12.3. The second-order valence-electron chi connectivity index (χ2n) is 6.44. The molecule has 2 rings (SSSR count). The molecule has 2 aliphatic rings. The normalized spacial score (nSPS) is 34.3. The van der Waals surface area contributed by atoms with E-state index in [0.717, 1.165) is 32.4 Å². The van der Waals surface area contributed by atoms with E-state index in [1.54, 1.807) is 0 Å². The second-order valence-corrected chi connectivity index (χ2v) is 6.44. The molecule has 0 amide bonds. The molecule has 0 radical (unpaired) electrons. The Kier molecular flexibility index (Phi) is 5.22. The van der Waals surface area contributed by atoms with Gasteiger partial charge in [0.15, 0.2) is 0 Å². The summed E-state index contributed by atoms with van der Waals surface area (Å²) in [4.78, 5) is 16.0. The minimum absolute atomic E-state index is 0.252. The first-order valence-electron chi connectivity index (χ1n) is 7.75. The lowest BCUT2D eigenvalue weighted by Gasteiger charge is -2.38. The van der Waals surface area contributed by atoms with E-state index in [2.05, 4.69) is 23.8 Å². The summed E-state index contributed by atoms with van der Waals surface area (Å²) in [7, 11) is 2.21. The lowest BCUT2D eigenvalue weighted by molar-refractivity contribution is -0.145. The molecule has 1 N–H and O–H groups in total. The first kappa shape index (κ1) is 14.8. The highest BCUT2D eigenvalue weighted by Crippen LogP contribution is 2.24. The molecule has 4 nitrogen and oxygen atoms in total. The Morgan fingerprint density at radius 3 is 2.74 bits per heavy atom. The van der Waals surface area contributed by atoms with Crippen molar-refractivity contribution < 1.29 is 9.90 Å². The molecule has 2 aliphatic heterocycles. The van der Waals surface area contributed by atoms with E-state index < -0.39 is 5.97 Å². The van der Waals surface area contributed by atoms with Crippen molar-refractivity contribution in [2.24, 2.45) is 5.92 Å². The topological polar surface area (TPSA) is 43.8 Å². The van der Waals surface area contributed by atoms with Crippen molar-refractivity contribution in [2.45, 2.75) is 57.5 Å². The lowest BCUT2D eigenvalue weighted by atomic mass is 9.91. The number of carbonyl (C=O) groups is 1. The van der Waals surface area contributed by atoms with Crippen molar-refractivity contribution in [2.75, 3.05) is 26.7 Å². The van der Waals surface area contributed by atoms with Crippen LogP contribution in [0.4, 0.5) is 0 Å². The SMILES string of the molecule is CC1CCN(CCC2CCCCN2C)C(C(=O)O)C1. The molecule has 110 valence electrons. The first-order chi connectivity index (χ1) is 9.08. The highest BCUT2D eigenvalue weighted by Gasteiger charge is 2.32. The molecule has 0 aromatic heterocycles. The van der Waals surface area contributed by atoms with Gasteiger partial charge in [-0.25, -0.2) is 0 Å². The van der Waals surface area contributed by atoms with Gasteiger partial charge in [0.2, 0.25) is 0 Å². The molecule has 0 aromatic carbocycles. The van der Waals surface area contributed by atoms with E-state index in [0.29, 0.717) is 12.0 Å². The molecule has 4 heteroatoms. The van der Waals surface area contributed by atoms with Crippen molar-refractivity contribution in [3.63, 3.8) is 0 Å². The smallest absolute Gasteiger partial charge is 0.320 e. The quantitative estimate of drug-likeness (QED) is 0.847. The summed E-state index contributed by atoms with van der Waals surface area (Å²) < 4.78 is 0. The molecule has 3 atom stereocenters. The van der Waals surface area contributed by atoms with Crippen LogP contribution in [0.2, 0.25) is 0 Å². The zero-order chi connectivity index (χ0) is 13.8. The molecule has 2 heterocycles. The molecule has 0 aromatic rings. The molecular weight excluding hydrogens is 240 g/mol. The number of likely N-dealkylation sites (tertiary alicyclic amines) is 2. The van der Waals surface area contributed by atoms with Gasteiger partial charge in [0.25, 0.3) is 0 Å². The Labute approximate surface area is 116 Å². The van der Waals surface area contributed by atoms with Gasteiger partial charge in [0, 0.05) is 12.6 Å². The fraction of sp³-hybridized carbons (Fsp3) is 0.933. The Balaban J connectivity index is 1.84. The Morgan fingerprint density at radius 2 is 2.05 bits per heavy atom. The molecule has 0 spiro atoms. The summed E-state index contributed by atoms with van der Waals surface area (Å²) in [6.07, 6.45) is 6.99. The molecule has 0 aliphatic carbocycles. The predicted molar refractivity (Wildman–Crippen MR) is 76.3 cm³/mol. The maximum Gasteiger partial charge on any atom is 0.320 e. The monoisotopic (exact) mass is 268 g/mol. The van der Waals surface area contributed by atoms with Gasteiger partial charge in [0.1, 0.15) is 6.04 Å². The van der Waals surface area contributed by atoms with Crippen molar-refractivity contribution in [3.05, 3.63) is 0 Å². The van der Waals surface area contributed by atoms with Gasteiger partial charge in [-0.3, -0.25) is 9.69 Å². The van der Waals surface area contributed by atoms with Gasteiger partial charge in [-0.1, -0.05) is 13.3 Å². The number of hydrogen-bond acceptors (Lipinski definition) is 3. The van der Waals surface area contributed by atoms with Gasteiger partial charge < -0.3 is 10.0 Å². The van der Waals surface area contributed by atoms with E-state index in [1.165, 1.54) is 25.8 Å². The third kappa shape index (κ3) is 3.93. The van der Waals surface area contributed by atoms with Gasteiger partial charge in [-0.15, -0.1) is 0 Å². The number of nitrogens with zero attached hydrogens (tertiary/aromatic N) is 2. The summed E-state index contributed by atoms with van der Waals surface area (Å²) in [6.45, 7) is 5.26. The molecule has 19 heavy (non-hydrogen) atoms. The van der Waals surface area contributed by atoms with Crippen LogP contribution in [0.5, 0.6) is 0 Å². The van der Waals surface area contributed by atoms with Crippen LogP contribution in [0.3, 0.4) is 0 Å². The molecule has 2 saturated heterocycles. The van der Waals surface area contributed by atoms with E-state index in [1.807, 2.05) is 0 Å². The second kappa shape index (κ2) is 6.71. The van der Waals surface area contributed by atoms with Gasteiger partial charge >= 0.3 is 5.97 Å². The highest BCUT2D eigenvalue weighted by molar-refractivity contribution is 5.73. The maximum atomic E-state index is 11.4. The molecule has 0 saturated carbocycles. The van der Waals surface area contributed by atoms with E-state index in [-0.39, 0.29) is 6.04 Å². The Morgan fingerprint density at radius 1 is 1.26 bits per heavy atom. The summed E-state index contributed by atoms with van der Waals surface area (Å²) in [6, 6.07) is 0.403. The minimum atomic E-state index is -0.636. The number of aliphatic carboxylic acids is 1. The minimum Gasteiger partial charge on any atom is -0.480 e. The summed E-state index contributed by atoms with van der Waals surface area (Å²) >= 11 is 0. The number of carboxylic acids is 1. The van der Waals surface area contributed by atoms with Crippen LogP contribution in [0, 0.1) is 5.92 Å². The van der Waals surface area contributed by atoms with Crippen LogP contribution >= 0.6 is 0 Å². The standard InChI is InChI=1S/C15H28N2O2/c1-12-6-9-17(14(11-12)15(18)19)10-7-13-5-3-4-8-16(13)2/h12-14H,3-11H2,1-2H3,(H,18,19). The third-order valence-corrected chi connectivity index (χ3v) is 4.93. The Bertz CT molecular complexity index is 309. The van der Waals surface area contributed by atoms with Crippen molar-refractivity contribution in [3.8, 4) is 0 Å². The van der Waals surface area contributed by atoms with Crippen molar-refractivity contribution >= 4 is 5.97 Å². The molecule has 2 fully saturated rings. The number of carboxylic acid groups (broad SMARTS) is 1. The van der Waals surface area contributed by atoms with Crippen LogP contribution in [0.15, 0.2) is 0 Å². The van der Waals surface area contributed by atoms with Crippen molar-refractivity contribution in [1.82, 2.24) is 9.80 Å². The van der Waals surface area contributed by atoms with Crippen LogP contribution in [-0.2, 0) is 4.79 Å². The first-order valence-corrected chi connectivity index (χ1v) is 7.75. The average Bonchev–Trinajstić information content (AvgIpc) is 2.38. The fourth-order valence-electron chi connectivity index (χ4n) is 3.54. The van der Waals surface area contributed by atoms with Gasteiger partial charge in [0.05, 0.1) is 0 Å². The van der Waals surface area contributed by atoms with Crippen LogP contribution in [0.1, 0.15) is 45.4 Å². The van der Waals surface area contributed by atoms with Crippen molar-refractivity contribution in [1.29, 1.82) is 0 Å². The maximum absolute atomic E-state index is 11.4. The summed E-state index contributed by atoms with van der Waals surface area (Å²) in [5, 5.41) is 9.36. The van der Waals surface area contributed by atoms with E-state index >= 15 is 0 Å². The van der Waals surface area contributed by atoms with Crippen LogP contribution in [-0.4, -0.2) is 59.6 Å². The summed E-state index contributed by atoms with van der Waals surface area (Å²) in [5.41, 5.74) is 0. The van der Waals surface area contributed by atoms with E-state index in [9.17, 15) is 9.90 Å². The number of piperidine rings is 2. The van der Waals surface area contributed by atoms with Gasteiger partial charge in [-0.2, -0.15) is 0 Å². The number of rotatable bonds is 4. The Hall–Kier alpha value is -0.610. The average molecular weight is 268 g/mol. The number of hydrogen-bond donors (Lipinski definition) is 1. The van der Waals surface area contributed by atoms with Crippen LogP contribution in [0.25, 0.3) is 0 Å². The largest absolute Gasteiger partial charge is 0.480 e. The lowest BCUT2D eigenvalue weighted by Crippen LogP contribution is -2.48. The zero-order valence-electron chi connectivity index (χ0n) is 12.3. The van der Waals surface area contributed by atoms with Crippen LogP contribution < -0.4 is 0 Å². The molecular formula is C15H28N2O2. The van der Waals surface area contributed by atoms with E-state index in [4.69, 9.17) is 0 Å². The fourth-order valence-corrected chi connectivity index (χ4v) is 3.54. The third-order valence-electron chi connectivity index (χ3n) is 4.93. The molecule has 0 bridgehead atoms. The molecule has 3 unspecified atom stereocenters. The highest BCUT2D eigenvalue weighted by atomic mass is 16.4. The predicted octanol–water partition coefficient (Wildman–Crippen LogP) is 2.05. The van der Waals surface area contributed by atoms with Gasteiger partial charge in [-0.05, 0) is 58.2 Å². The summed E-state index contributed by atoms with van der Waals surface area (Å²) in [5.74, 6) is -0.0850.